The van der Waals surface area contributed by atoms with Crippen LogP contribution in [-0.2, 0) is 14.3 Å². The summed E-state index contributed by atoms with van der Waals surface area (Å²) in [5.41, 5.74) is -0.0522. The molecular weight excluding hydrogens is 420 g/mol. The van der Waals surface area contributed by atoms with Crippen LogP contribution in [0.4, 0.5) is 0 Å². The molecule has 0 amide bonds. The highest BCUT2D eigenvalue weighted by atomic mass is 79.9. The Morgan fingerprint density at radius 2 is 2.19 bits per heavy atom. The lowest BCUT2D eigenvalue weighted by Gasteiger charge is -2.17. The van der Waals surface area contributed by atoms with Gasteiger partial charge >= 0.3 is 5.97 Å². The standard InChI is InChI=1S/C18H23BrN2O4S/c1-4-23-8-9-24-18(22)16(11-20)17(26-3)21-12-13(2)25-15-7-5-6-14(19)10-15/h5-7,10,13,21H,4,8-9,12H2,1-3H3/b17-16+. The first-order valence-electron chi connectivity index (χ1n) is 8.11. The second-order valence-electron chi connectivity index (χ2n) is 5.12. The van der Waals surface area contributed by atoms with E-state index in [0.717, 1.165) is 10.2 Å². The van der Waals surface area contributed by atoms with Crippen molar-refractivity contribution in [2.75, 3.05) is 32.6 Å². The van der Waals surface area contributed by atoms with Gasteiger partial charge in [-0.05, 0) is 38.3 Å². The summed E-state index contributed by atoms with van der Waals surface area (Å²) in [5.74, 6) is 0.0730. The first-order chi connectivity index (χ1) is 12.5. The Hall–Kier alpha value is -1.69. The highest BCUT2D eigenvalue weighted by Crippen LogP contribution is 2.19. The molecule has 1 unspecified atom stereocenters. The fraction of sp³-hybridized carbons (Fsp3) is 0.444. The van der Waals surface area contributed by atoms with Gasteiger partial charge in [0.1, 0.15) is 24.5 Å². The lowest BCUT2D eigenvalue weighted by atomic mass is 10.3. The van der Waals surface area contributed by atoms with Crippen LogP contribution in [0.25, 0.3) is 0 Å². The lowest BCUT2D eigenvalue weighted by molar-refractivity contribution is -0.140. The average molecular weight is 443 g/mol. The Morgan fingerprint density at radius 3 is 2.81 bits per heavy atom. The molecule has 1 aromatic rings. The van der Waals surface area contributed by atoms with Crippen LogP contribution in [0.5, 0.6) is 5.75 Å². The van der Waals surface area contributed by atoms with Crippen LogP contribution >= 0.6 is 27.7 Å². The van der Waals surface area contributed by atoms with Crippen molar-refractivity contribution in [3.63, 3.8) is 0 Å². The van der Waals surface area contributed by atoms with Crippen LogP contribution in [-0.4, -0.2) is 44.7 Å². The SMILES string of the molecule is CCOCCOC(=O)/C(C#N)=C(\NCC(C)Oc1cccc(Br)c1)SC. The largest absolute Gasteiger partial charge is 0.489 e. The molecule has 1 rings (SSSR count). The molecule has 142 valence electrons. The number of hydrogen-bond acceptors (Lipinski definition) is 7. The first-order valence-corrected chi connectivity index (χ1v) is 10.1. The molecule has 1 aromatic carbocycles. The van der Waals surface area contributed by atoms with Crippen LogP contribution in [0, 0.1) is 11.3 Å². The molecular formula is C18H23BrN2O4S. The number of hydrogen-bond donors (Lipinski definition) is 1. The van der Waals surface area contributed by atoms with Gasteiger partial charge < -0.3 is 19.5 Å². The third kappa shape index (κ3) is 8.13. The minimum Gasteiger partial charge on any atom is -0.489 e. The van der Waals surface area contributed by atoms with Crippen molar-refractivity contribution in [1.82, 2.24) is 5.32 Å². The van der Waals surface area contributed by atoms with Crippen LogP contribution in [0.1, 0.15) is 13.8 Å². The molecule has 26 heavy (non-hydrogen) atoms. The molecule has 0 radical (unpaired) electrons. The molecule has 6 nitrogen and oxygen atoms in total. The molecule has 0 saturated carbocycles. The smallest absolute Gasteiger partial charge is 0.351 e. The maximum Gasteiger partial charge on any atom is 0.351 e. The molecule has 0 bridgehead atoms. The first kappa shape index (κ1) is 22.4. The van der Waals surface area contributed by atoms with Gasteiger partial charge in [0.25, 0.3) is 0 Å². The quantitative estimate of drug-likeness (QED) is 0.243. The molecule has 1 N–H and O–H groups in total. The Kier molecular flexibility index (Phi) is 10.9. The number of rotatable bonds is 11. The lowest BCUT2D eigenvalue weighted by Crippen LogP contribution is -2.29. The summed E-state index contributed by atoms with van der Waals surface area (Å²) in [7, 11) is 0. The van der Waals surface area contributed by atoms with E-state index in [2.05, 4.69) is 21.2 Å². The number of thioether (sulfide) groups is 1. The third-order valence-corrected chi connectivity index (χ3v) is 4.35. The zero-order valence-electron chi connectivity index (χ0n) is 15.1. The number of esters is 1. The maximum atomic E-state index is 12.1. The Labute approximate surface area is 167 Å². The molecule has 0 fully saturated rings. The molecule has 8 heteroatoms. The summed E-state index contributed by atoms with van der Waals surface area (Å²) in [5, 5.41) is 12.8. The minimum atomic E-state index is -0.662. The fourth-order valence-corrected chi connectivity index (χ4v) is 2.85. The molecule has 0 heterocycles. The topological polar surface area (TPSA) is 80.6 Å². The fourth-order valence-electron chi connectivity index (χ4n) is 1.91. The Morgan fingerprint density at radius 1 is 1.42 bits per heavy atom. The van der Waals surface area contributed by atoms with E-state index >= 15 is 0 Å². The van der Waals surface area contributed by atoms with Crippen LogP contribution in [0.15, 0.2) is 39.3 Å². The number of nitrogens with one attached hydrogen (secondary N) is 1. The van der Waals surface area contributed by atoms with Crippen molar-refractivity contribution in [3.05, 3.63) is 39.3 Å². The van der Waals surface area contributed by atoms with Gasteiger partial charge in [0, 0.05) is 11.1 Å². The van der Waals surface area contributed by atoms with E-state index in [-0.39, 0.29) is 18.3 Å². The van der Waals surface area contributed by atoms with Crippen molar-refractivity contribution in [1.29, 1.82) is 5.26 Å². The summed E-state index contributed by atoms with van der Waals surface area (Å²) < 4.78 is 16.9. The number of halogens is 1. The van der Waals surface area contributed by atoms with Gasteiger partial charge in [0.15, 0.2) is 5.57 Å². The third-order valence-electron chi connectivity index (χ3n) is 3.10. The highest BCUT2D eigenvalue weighted by molar-refractivity contribution is 9.10. The summed E-state index contributed by atoms with van der Waals surface area (Å²) in [6.07, 6.45) is 1.62. The Balaban J connectivity index is 2.62. The molecule has 1 atom stereocenters. The molecule has 0 saturated heterocycles. The van der Waals surface area contributed by atoms with Gasteiger partial charge in [-0.3, -0.25) is 0 Å². The van der Waals surface area contributed by atoms with E-state index < -0.39 is 5.97 Å². The van der Waals surface area contributed by atoms with Gasteiger partial charge in [-0.25, -0.2) is 4.79 Å². The van der Waals surface area contributed by atoms with E-state index in [4.69, 9.17) is 14.2 Å². The van der Waals surface area contributed by atoms with Gasteiger partial charge in [-0.2, -0.15) is 5.26 Å². The molecule has 0 aliphatic rings. The van der Waals surface area contributed by atoms with Gasteiger partial charge in [0.2, 0.25) is 0 Å². The summed E-state index contributed by atoms with van der Waals surface area (Å²) in [6, 6.07) is 9.45. The number of benzene rings is 1. The highest BCUT2D eigenvalue weighted by Gasteiger charge is 2.17. The second-order valence-corrected chi connectivity index (χ2v) is 6.85. The van der Waals surface area contributed by atoms with E-state index in [9.17, 15) is 10.1 Å². The summed E-state index contributed by atoms with van der Waals surface area (Å²) in [4.78, 5) is 12.1. The second kappa shape index (κ2) is 12.6. The van der Waals surface area contributed by atoms with Gasteiger partial charge in [-0.1, -0.05) is 22.0 Å². The minimum absolute atomic E-state index is 0.0522. The number of ether oxygens (including phenoxy) is 3. The van der Waals surface area contributed by atoms with Gasteiger partial charge in [0.05, 0.1) is 18.2 Å². The molecule has 0 aliphatic carbocycles. The molecule has 0 spiro atoms. The van der Waals surface area contributed by atoms with Crippen LogP contribution in [0.3, 0.4) is 0 Å². The number of nitrogens with zero attached hydrogens (tertiary/aromatic N) is 1. The number of carbonyl (C=O) groups is 1. The van der Waals surface area contributed by atoms with Crippen molar-refractivity contribution < 1.29 is 19.0 Å². The van der Waals surface area contributed by atoms with E-state index in [1.165, 1.54) is 11.8 Å². The van der Waals surface area contributed by atoms with E-state index in [1.54, 1.807) is 6.26 Å². The average Bonchev–Trinajstić information content (AvgIpc) is 2.62. The van der Waals surface area contributed by atoms with E-state index in [0.29, 0.717) is 24.8 Å². The zero-order chi connectivity index (χ0) is 19.4. The Bertz CT molecular complexity index is 661. The number of nitriles is 1. The number of carbonyl (C=O) groups excluding carboxylic acids is 1. The maximum absolute atomic E-state index is 12.1. The predicted octanol–water partition coefficient (Wildman–Crippen LogP) is 3.48. The van der Waals surface area contributed by atoms with Crippen molar-refractivity contribution in [2.24, 2.45) is 0 Å². The predicted molar refractivity (Wildman–Crippen MR) is 106 cm³/mol. The van der Waals surface area contributed by atoms with Crippen molar-refractivity contribution in [2.45, 2.75) is 20.0 Å². The zero-order valence-corrected chi connectivity index (χ0v) is 17.5. The molecule has 0 aliphatic heterocycles. The van der Waals surface area contributed by atoms with E-state index in [1.807, 2.05) is 44.2 Å². The van der Waals surface area contributed by atoms with Crippen molar-refractivity contribution in [3.8, 4) is 11.8 Å². The van der Waals surface area contributed by atoms with Crippen LogP contribution in [0.2, 0.25) is 0 Å². The van der Waals surface area contributed by atoms with Crippen molar-refractivity contribution >= 4 is 33.7 Å². The monoisotopic (exact) mass is 442 g/mol. The van der Waals surface area contributed by atoms with Crippen LogP contribution < -0.4 is 10.1 Å². The normalized spacial score (nSPS) is 12.6. The molecule has 0 aromatic heterocycles. The summed E-state index contributed by atoms with van der Waals surface area (Å²) >= 11 is 4.67. The van der Waals surface area contributed by atoms with Gasteiger partial charge in [-0.15, -0.1) is 11.8 Å². The summed E-state index contributed by atoms with van der Waals surface area (Å²) in [6.45, 7) is 5.16.